The molecule has 2 aliphatic rings. The Kier molecular flexibility index (Phi) is 4.83. The molecule has 0 saturated carbocycles. The van der Waals surface area contributed by atoms with Gasteiger partial charge in [-0.15, -0.1) is 0 Å². The Morgan fingerprint density at radius 2 is 1.88 bits per heavy atom. The molecule has 2 aliphatic heterocycles. The summed E-state index contributed by atoms with van der Waals surface area (Å²) in [6, 6.07) is 2.37. The van der Waals surface area contributed by atoms with E-state index in [-0.39, 0.29) is 16.8 Å². The highest BCUT2D eigenvalue weighted by molar-refractivity contribution is 6.09. The highest BCUT2D eigenvalue weighted by Crippen LogP contribution is 2.34. The Morgan fingerprint density at radius 1 is 1.24 bits per heavy atom. The first kappa shape index (κ1) is 17.5. The van der Waals surface area contributed by atoms with Gasteiger partial charge in [0.1, 0.15) is 11.6 Å². The number of hydrazone groups is 1. The van der Waals surface area contributed by atoms with E-state index in [1.165, 1.54) is 23.3 Å². The van der Waals surface area contributed by atoms with Crippen molar-refractivity contribution >= 4 is 5.71 Å². The molecule has 1 aromatic carbocycles. The second kappa shape index (κ2) is 6.90. The number of benzene rings is 1. The molecule has 0 bridgehead atoms. The van der Waals surface area contributed by atoms with Crippen LogP contribution in [0.4, 0.5) is 8.78 Å². The number of hydrogen-bond acceptors (Lipinski definition) is 4. The van der Waals surface area contributed by atoms with Crippen LogP contribution in [-0.4, -0.2) is 29.0 Å². The molecule has 0 radical (unpaired) electrons. The van der Waals surface area contributed by atoms with E-state index in [0.717, 1.165) is 5.70 Å². The molecule has 0 aromatic heterocycles. The summed E-state index contributed by atoms with van der Waals surface area (Å²) in [4.78, 5) is 0. The zero-order chi connectivity index (χ0) is 18.0. The topological polar surface area (TPSA) is 45.1 Å². The van der Waals surface area contributed by atoms with Gasteiger partial charge >= 0.3 is 0 Å². The molecular weight excluding hydrogens is 326 g/mol. The first-order valence-electron chi connectivity index (χ1n) is 8.13. The number of hydrogen-bond donors (Lipinski definition) is 1. The van der Waals surface area contributed by atoms with E-state index in [2.05, 4.69) is 11.7 Å². The fourth-order valence-electron chi connectivity index (χ4n) is 3.04. The fraction of sp³-hybridized carbons (Fsp3) is 0.316. The van der Waals surface area contributed by atoms with E-state index < -0.39 is 17.2 Å². The van der Waals surface area contributed by atoms with Crippen LogP contribution in [0.2, 0.25) is 0 Å². The molecule has 0 aliphatic carbocycles. The minimum Gasteiger partial charge on any atom is -0.385 e. The quantitative estimate of drug-likeness (QED) is 0.910. The summed E-state index contributed by atoms with van der Waals surface area (Å²) >= 11 is 0. The van der Waals surface area contributed by atoms with Crippen LogP contribution in [0.1, 0.15) is 30.9 Å². The molecule has 0 atom stereocenters. The Bertz CT molecular complexity index is 755. The van der Waals surface area contributed by atoms with Gasteiger partial charge in [0, 0.05) is 32.3 Å². The highest BCUT2D eigenvalue weighted by Gasteiger charge is 2.33. The van der Waals surface area contributed by atoms with Gasteiger partial charge in [0.25, 0.3) is 0 Å². The van der Waals surface area contributed by atoms with Crippen LogP contribution in [0.15, 0.2) is 53.9 Å². The Balaban J connectivity index is 2.00. The zero-order valence-corrected chi connectivity index (χ0v) is 14.0. The number of allylic oxidation sites excluding steroid dienone is 3. The van der Waals surface area contributed by atoms with Gasteiger partial charge in [0.05, 0.1) is 22.6 Å². The monoisotopic (exact) mass is 346 g/mol. The fourth-order valence-corrected chi connectivity index (χ4v) is 3.04. The third kappa shape index (κ3) is 3.27. The molecule has 6 heteroatoms. The highest BCUT2D eigenvalue weighted by atomic mass is 19.1. The normalized spacial score (nSPS) is 21.4. The van der Waals surface area contributed by atoms with Crippen molar-refractivity contribution in [3.63, 3.8) is 0 Å². The molecule has 0 amide bonds. The minimum absolute atomic E-state index is 0.158. The Hall–Kier alpha value is -2.31. The van der Waals surface area contributed by atoms with E-state index in [9.17, 15) is 13.9 Å². The van der Waals surface area contributed by atoms with Crippen LogP contribution in [-0.2, 0) is 10.3 Å². The number of ether oxygens (including phenoxy) is 1. The number of rotatable bonds is 3. The van der Waals surface area contributed by atoms with Gasteiger partial charge in [0.15, 0.2) is 0 Å². The van der Waals surface area contributed by atoms with Crippen LogP contribution >= 0.6 is 0 Å². The molecule has 2 heterocycles. The van der Waals surface area contributed by atoms with Crippen molar-refractivity contribution in [3.8, 4) is 0 Å². The third-order valence-electron chi connectivity index (χ3n) is 4.52. The summed E-state index contributed by atoms with van der Waals surface area (Å²) in [6.07, 6.45) is 7.16. The van der Waals surface area contributed by atoms with Gasteiger partial charge < -0.3 is 9.84 Å². The van der Waals surface area contributed by atoms with Crippen molar-refractivity contribution in [2.75, 3.05) is 13.2 Å². The lowest BCUT2D eigenvalue weighted by Gasteiger charge is -2.32. The molecule has 1 fully saturated rings. The van der Waals surface area contributed by atoms with Crippen molar-refractivity contribution in [2.24, 2.45) is 5.10 Å². The van der Waals surface area contributed by atoms with Gasteiger partial charge in [-0.1, -0.05) is 12.7 Å². The molecule has 1 N–H and O–H groups in total. The van der Waals surface area contributed by atoms with E-state index in [4.69, 9.17) is 4.74 Å². The maximum absolute atomic E-state index is 14.7. The first-order valence-corrected chi connectivity index (χ1v) is 8.13. The van der Waals surface area contributed by atoms with Crippen LogP contribution in [0.25, 0.3) is 0 Å². The summed E-state index contributed by atoms with van der Waals surface area (Å²) < 4.78 is 34.6. The molecule has 1 saturated heterocycles. The summed E-state index contributed by atoms with van der Waals surface area (Å²) in [6.45, 7) is 6.20. The lowest BCUT2D eigenvalue weighted by Crippen LogP contribution is -2.34. The average molecular weight is 346 g/mol. The lowest BCUT2D eigenvalue weighted by molar-refractivity contribution is -0.0682. The van der Waals surface area contributed by atoms with Gasteiger partial charge in [-0.2, -0.15) is 5.10 Å². The smallest absolute Gasteiger partial charge is 0.136 e. The molecule has 132 valence electrons. The maximum Gasteiger partial charge on any atom is 0.136 e. The van der Waals surface area contributed by atoms with Crippen molar-refractivity contribution in [2.45, 2.75) is 25.4 Å². The number of aliphatic hydroxyl groups is 1. The molecule has 4 nitrogen and oxygen atoms in total. The molecule has 3 rings (SSSR count). The minimum atomic E-state index is -1.27. The molecule has 1 aromatic rings. The molecule has 0 spiro atoms. The van der Waals surface area contributed by atoms with Gasteiger partial charge in [-0.3, -0.25) is 0 Å². The van der Waals surface area contributed by atoms with Crippen LogP contribution in [0.5, 0.6) is 0 Å². The summed E-state index contributed by atoms with van der Waals surface area (Å²) in [5.41, 5.74) is -0.352. The number of halogens is 2. The third-order valence-corrected chi connectivity index (χ3v) is 4.52. The summed E-state index contributed by atoms with van der Waals surface area (Å²) in [7, 11) is 0. The average Bonchev–Trinajstić information content (AvgIpc) is 2.61. The van der Waals surface area contributed by atoms with Crippen molar-refractivity contribution in [1.29, 1.82) is 0 Å². The van der Waals surface area contributed by atoms with Crippen molar-refractivity contribution in [1.82, 2.24) is 5.01 Å². The first-order chi connectivity index (χ1) is 12.0. The van der Waals surface area contributed by atoms with Crippen LogP contribution < -0.4 is 0 Å². The molecule has 25 heavy (non-hydrogen) atoms. The van der Waals surface area contributed by atoms with Crippen LogP contribution in [0.3, 0.4) is 0 Å². The van der Waals surface area contributed by atoms with E-state index in [0.29, 0.717) is 26.1 Å². The second-order valence-electron chi connectivity index (χ2n) is 6.02. The van der Waals surface area contributed by atoms with Gasteiger partial charge in [-0.05, 0) is 36.8 Å². The van der Waals surface area contributed by atoms with Crippen molar-refractivity contribution in [3.05, 3.63) is 71.6 Å². The molecular formula is C19H20F2N2O2. The Labute approximate surface area is 145 Å². The standard InChI is InChI=1S/C19H20F2N2O2/c1-3-14-5-6-17(22-23(14)4-2)18-15(20)11-13(12-16(18)21)19(24)7-9-25-10-8-19/h3-6,11-12,24H,2,7-10H2,1H3. The molecule has 0 unspecified atom stereocenters. The van der Waals surface area contributed by atoms with E-state index in [1.807, 2.05) is 13.0 Å². The van der Waals surface area contributed by atoms with E-state index in [1.54, 1.807) is 12.2 Å². The summed E-state index contributed by atoms with van der Waals surface area (Å²) in [5.74, 6) is -1.52. The SMILES string of the molecule is C=CN1N=C(c2c(F)cc(C3(O)CCOCC3)cc2F)C=CC1=CC. The second-order valence-corrected chi connectivity index (χ2v) is 6.02. The maximum atomic E-state index is 14.7. The lowest BCUT2D eigenvalue weighted by atomic mass is 9.85. The predicted molar refractivity (Wildman–Crippen MR) is 91.8 cm³/mol. The van der Waals surface area contributed by atoms with Gasteiger partial charge in [0.2, 0.25) is 0 Å². The predicted octanol–water partition coefficient (Wildman–Crippen LogP) is 3.59. The number of nitrogens with zero attached hydrogens (tertiary/aromatic N) is 2. The van der Waals surface area contributed by atoms with Crippen LogP contribution in [0, 0.1) is 11.6 Å². The Morgan fingerprint density at radius 3 is 2.44 bits per heavy atom. The van der Waals surface area contributed by atoms with Gasteiger partial charge in [-0.25, -0.2) is 13.8 Å². The largest absolute Gasteiger partial charge is 0.385 e. The summed E-state index contributed by atoms with van der Waals surface area (Å²) in [5, 5.41) is 16.3. The zero-order valence-electron chi connectivity index (χ0n) is 14.0. The van der Waals surface area contributed by atoms with Crippen molar-refractivity contribution < 1.29 is 18.6 Å². The van der Waals surface area contributed by atoms with E-state index >= 15 is 0 Å².